The van der Waals surface area contributed by atoms with Crippen molar-refractivity contribution < 1.29 is 9.53 Å². The molecule has 1 aromatic carbocycles. The van der Waals surface area contributed by atoms with Crippen molar-refractivity contribution in [2.75, 3.05) is 19.7 Å². The van der Waals surface area contributed by atoms with E-state index in [-0.39, 0.29) is 18.3 Å². The van der Waals surface area contributed by atoms with Gasteiger partial charge < -0.3 is 15.4 Å². The summed E-state index contributed by atoms with van der Waals surface area (Å²) in [6, 6.07) is 9.75. The largest absolute Gasteiger partial charge is 0.493 e. The molecule has 27 heavy (non-hydrogen) atoms. The zero-order valence-corrected chi connectivity index (χ0v) is 16.8. The lowest BCUT2D eigenvalue weighted by molar-refractivity contribution is -0.132. The van der Waals surface area contributed by atoms with Gasteiger partial charge in [0.15, 0.2) is 0 Å². The van der Waals surface area contributed by atoms with E-state index in [1.807, 2.05) is 41.2 Å². The van der Waals surface area contributed by atoms with Crippen LogP contribution in [-0.2, 0) is 16.9 Å². The lowest BCUT2D eigenvalue weighted by atomic mass is 9.87. The molecule has 1 fully saturated rings. The summed E-state index contributed by atoms with van der Waals surface area (Å²) in [5.41, 5.74) is 0.369. The van der Waals surface area contributed by atoms with Crippen molar-refractivity contribution in [1.29, 1.82) is 0 Å². The quantitative estimate of drug-likeness (QED) is 0.760. The predicted octanol–water partition coefficient (Wildman–Crippen LogP) is 2.73. The number of amides is 1. The first kappa shape index (κ1) is 21.3. The van der Waals surface area contributed by atoms with Gasteiger partial charge in [-0.15, -0.1) is 12.4 Å². The van der Waals surface area contributed by atoms with Crippen LogP contribution in [0.5, 0.6) is 5.75 Å². The summed E-state index contributed by atoms with van der Waals surface area (Å²) in [6.45, 7) is 6.96. The summed E-state index contributed by atoms with van der Waals surface area (Å²) in [7, 11) is 0. The highest BCUT2D eigenvalue weighted by Gasteiger charge is 2.41. The maximum atomic E-state index is 13.1. The van der Waals surface area contributed by atoms with Crippen LogP contribution >= 0.6 is 12.4 Å². The van der Waals surface area contributed by atoms with Crippen LogP contribution in [-0.4, -0.2) is 35.4 Å². The van der Waals surface area contributed by atoms with Crippen molar-refractivity contribution in [2.24, 2.45) is 5.92 Å². The fraction of sp³-hybridized carbons (Fsp3) is 0.500. The second-order valence-electron chi connectivity index (χ2n) is 7.23. The number of halogens is 1. The van der Waals surface area contributed by atoms with Crippen LogP contribution in [0.15, 0.2) is 42.7 Å². The Hall–Kier alpha value is -2.05. The highest BCUT2D eigenvalue weighted by Crippen LogP contribution is 2.27. The number of rotatable bonds is 7. The number of para-hydroxylation sites is 1. The van der Waals surface area contributed by atoms with E-state index < -0.39 is 5.54 Å². The van der Waals surface area contributed by atoms with Crippen molar-refractivity contribution in [3.05, 3.63) is 48.3 Å². The molecular formula is C20H29ClN4O2. The van der Waals surface area contributed by atoms with Gasteiger partial charge >= 0.3 is 0 Å². The number of hydrogen-bond acceptors (Lipinski definition) is 4. The Labute approximate surface area is 167 Å². The van der Waals surface area contributed by atoms with Crippen molar-refractivity contribution in [3.8, 4) is 5.75 Å². The predicted molar refractivity (Wildman–Crippen MR) is 108 cm³/mol. The molecule has 1 amide bonds. The van der Waals surface area contributed by atoms with E-state index >= 15 is 0 Å². The molecule has 0 unspecified atom stereocenters. The summed E-state index contributed by atoms with van der Waals surface area (Å²) >= 11 is 0. The van der Waals surface area contributed by atoms with Gasteiger partial charge in [-0.2, -0.15) is 5.10 Å². The van der Waals surface area contributed by atoms with Gasteiger partial charge in [0, 0.05) is 24.5 Å². The Morgan fingerprint density at radius 1 is 1.30 bits per heavy atom. The minimum absolute atomic E-state index is 0. The van der Waals surface area contributed by atoms with Gasteiger partial charge in [-0.05, 0) is 44.0 Å². The van der Waals surface area contributed by atoms with E-state index in [1.165, 1.54) is 0 Å². The normalized spacial score (nSPS) is 15.8. The van der Waals surface area contributed by atoms with Crippen molar-refractivity contribution in [3.63, 3.8) is 0 Å². The van der Waals surface area contributed by atoms with Crippen molar-refractivity contribution in [2.45, 2.75) is 38.8 Å². The number of ether oxygens (including phenoxy) is 1. The molecule has 1 aromatic heterocycles. The number of benzene rings is 1. The molecule has 0 saturated carbocycles. The van der Waals surface area contributed by atoms with E-state index in [0.717, 1.165) is 37.2 Å². The highest BCUT2D eigenvalue weighted by atomic mass is 35.5. The SMILES string of the molecule is CC(C)COc1ccccc1CNC(=O)C1(n2cccn2)CCNCC1.Cl. The molecule has 2 aromatic rings. The summed E-state index contributed by atoms with van der Waals surface area (Å²) in [4.78, 5) is 13.1. The fourth-order valence-corrected chi connectivity index (χ4v) is 3.31. The van der Waals surface area contributed by atoms with Gasteiger partial charge in [0.25, 0.3) is 0 Å². The number of carbonyl (C=O) groups is 1. The third-order valence-corrected chi connectivity index (χ3v) is 4.78. The number of piperidine rings is 1. The minimum Gasteiger partial charge on any atom is -0.493 e. The molecule has 2 N–H and O–H groups in total. The van der Waals surface area contributed by atoms with Gasteiger partial charge in [-0.3, -0.25) is 9.48 Å². The Bertz CT molecular complexity index is 713. The lowest BCUT2D eigenvalue weighted by Gasteiger charge is -2.36. The third kappa shape index (κ3) is 5.02. The van der Waals surface area contributed by atoms with Crippen LogP contribution < -0.4 is 15.4 Å². The Kier molecular flexibility index (Phi) is 7.68. The summed E-state index contributed by atoms with van der Waals surface area (Å²) in [5.74, 6) is 1.30. The standard InChI is InChI=1S/C20H28N4O2.ClH/c1-16(2)15-26-18-7-4-3-6-17(18)14-22-19(25)20(8-11-21-12-9-20)24-13-5-10-23-24;/h3-7,10,13,16,21H,8-9,11-12,14-15H2,1-2H3,(H,22,25);1H. The molecule has 1 saturated heterocycles. The number of nitrogens with one attached hydrogen (secondary N) is 2. The first-order chi connectivity index (χ1) is 12.6. The highest BCUT2D eigenvalue weighted by molar-refractivity contribution is 5.85. The van der Waals surface area contributed by atoms with Crippen LogP contribution in [0.3, 0.4) is 0 Å². The van der Waals surface area contributed by atoms with Crippen LogP contribution in [0, 0.1) is 5.92 Å². The van der Waals surface area contributed by atoms with Crippen LogP contribution in [0.4, 0.5) is 0 Å². The van der Waals surface area contributed by atoms with Gasteiger partial charge in [0.2, 0.25) is 5.91 Å². The summed E-state index contributed by atoms with van der Waals surface area (Å²) in [6.07, 6.45) is 5.06. The smallest absolute Gasteiger partial charge is 0.248 e. The Morgan fingerprint density at radius 2 is 2.04 bits per heavy atom. The monoisotopic (exact) mass is 392 g/mol. The first-order valence-corrected chi connectivity index (χ1v) is 9.32. The van der Waals surface area contributed by atoms with Gasteiger partial charge in [0.1, 0.15) is 11.3 Å². The average molecular weight is 393 g/mol. The Balaban J connectivity index is 0.00000261. The van der Waals surface area contributed by atoms with Gasteiger partial charge in [-0.1, -0.05) is 32.0 Å². The van der Waals surface area contributed by atoms with Crippen molar-refractivity contribution in [1.82, 2.24) is 20.4 Å². The van der Waals surface area contributed by atoms with Crippen LogP contribution in [0.25, 0.3) is 0 Å². The Morgan fingerprint density at radius 3 is 2.70 bits per heavy atom. The molecule has 3 rings (SSSR count). The molecule has 1 aliphatic heterocycles. The first-order valence-electron chi connectivity index (χ1n) is 9.32. The average Bonchev–Trinajstić information content (AvgIpc) is 3.21. The van der Waals surface area contributed by atoms with E-state index in [4.69, 9.17) is 4.74 Å². The maximum Gasteiger partial charge on any atom is 0.248 e. The second-order valence-corrected chi connectivity index (χ2v) is 7.23. The second kappa shape index (κ2) is 9.76. The number of aromatic nitrogens is 2. The van der Waals surface area contributed by atoms with Crippen molar-refractivity contribution >= 4 is 18.3 Å². The molecule has 148 valence electrons. The summed E-state index contributed by atoms with van der Waals surface area (Å²) in [5, 5.41) is 10.8. The van der Waals surface area contributed by atoms with E-state index in [1.54, 1.807) is 6.20 Å². The molecule has 7 heteroatoms. The lowest BCUT2D eigenvalue weighted by Crippen LogP contribution is -2.54. The summed E-state index contributed by atoms with van der Waals surface area (Å²) < 4.78 is 7.70. The van der Waals surface area contributed by atoms with Gasteiger partial charge in [0.05, 0.1) is 6.61 Å². The molecule has 0 bridgehead atoms. The zero-order valence-electron chi connectivity index (χ0n) is 16.0. The zero-order chi connectivity index (χ0) is 18.4. The molecule has 2 heterocycles. The van der Waals surface area contributed by atoms with E-state index in [0.29, 0.717) is 19.1 Å². The molecule has 0 aliphatic carbocycles. The molecular weight excluding hydrogens is 364 g/mol. The molecule has 6 nitrogen and oxygen atoms in total. The van der Waals surface area contributed by atoms with Gasteiger partial charge in [-0.25, -0.2) is 0 Å². The van der Waals surface area contributed by atoms with Crippen LogP contribution in [0.1, 0.15) is 32.3 Å². The number of nitrogens with zero attached hydrogens (tertiary/aromatic N) is 2. The maximum absolute atomic E-state index is 13.1. The fourth-order valence-electron chi connectivity index (χ4n) is 3.31. The number of carbonyl (C=O) groups excluding carboxylic acids is 1. The molecule has 1 aliphatic rings. The number of hydrogen-bond donors (Lipinski definition) is 2. The molecule has 0 radical (unpaired) electrons. The topological polar surface area (TPSA) is 68.2 Å². The van der Waals surface area contributed by atoms with Crippen LogP contribution in [0.2, 0.25) is 0 Å². The minimum atomic E-state index is -0.623. The van der Waals surface area contributed by atoms with E-state index in [9.17, 15) is 4.79 Å². The molecule has 0 spiro atoms. The third-order valence-electron chi connectivity index (χ3n) is 4.78. The van der Waals surface area contributed by atoms with E-state index in [2.05, 4.69) is 29.6 Å². The molecule has 0 atom stereocenters.